The number of piperidine rings is 1. The highest BCUT2D eigenvalue weighted by Crippen LogP contribution is 2.30. The molecular formula is C14H26ClNO4S. The molecule has 21 heavy (non-hydrogen) atoms. The third-order valence-electron chi connectivity index (χ3n) is 3.42. The van der Waals surface area contributed by atoms with E-state index in [4.69, 9.17) is 15.4 Å². The second-order valence-corrected chi connectivity index (χ2v) is 10.4. The van der Waals surface area contributed by atoms with Gasteiger partial charge in [0.1, 0.15) is 5.60 Å². The lowest BCUT2D eigenvalue weighted by Gasteiger charge is -2.36. The number of amides is 1. The summed E-state index contributed by atoms with van der Waals surface area (Å²) in [4.78, 5) is 13.7. The lowest BCUT2D eigenvalue weighted by Crippen LogP contribution is -2.45. The first-order valence-electron chi connectivity index (χ1n) is 7.22. The van der Waals surface area contributed by atoms with Crippen LogP contribution >= 0.6 is 10.7 Å². The highest BCUT2D eigenvalue weighted by Gasteiger charge is 2.34. The Labute approximate surface area is 132 Å². The Hall–Kier alpha value is -0.490. The molecule has 0 aromatic rings. The van der Waals surface area contributed by atoms with Crippen molar-refractivity contribution >= 4 is 25.8 Å². The van der Waals surface area contributed by atoms with Crippen LogP contribution in [0.1, 0.15) is 53.9 Å². The molecule has 1 rings (SSSR count). The molecule has 0 atom stereocenters. The van der Waals surface area contributed by atoms with Crippen LogP contribution in [0.4, 0.5) is 4.79 Å². The van der Waals surface area contributed by atoms with Crippen molar-refractivity contribution in [1.29, 1.82) is 0 Å². The number of rotatable bonds is 3. The number of ether oxygens (including phenoxy) is 1. The van der Waals surface area contributed by atoms with E-state index in [0.717, 1.165) is 6.42 Å². The van der Waals surface area contributed by atoms with Crippen molar-refractivity contribution in [2.45, 2.75) is 64.7 Å². The van der Waals surface area contributed by atoms with Crippen LogP contribution in [0.3, 0.4) is 0 Å². The SMILES string of the molecule is CC(C)(C)CC(C)(C)OC(=O)N1CCC(S(=O)(=O)Cl)CC1. The van der Waals surface area contributed by atoms with Crippen molar-refractivity contribution in [3.05, 3.63) is 0 Å². The van der Waals surface area contributed by atoms with Gasteiger partial charge in [0.05, 0.1) is 5.25 Å². The maximum atomic E-state index is 12.2. The van der Waals surface area contributed by atoms with E-state index in [9.17, 15) is 13.2 Å². The number of hydrogen-bond acceptors (Lipinski definition) is 4. The molecule has 7 heteroatoms. The summed E-state index contributed by atoms with van der Waals surface area (Å²) < 4.78 is 28.1. The maximum absolute atomic E-state index is 12.2. The summed E-state index contributed by atoms with van der Waals surface area (Å²) in [5, 5.41) is -0.564. The summed E-state index contributed by atoms with van der Waals surface area (Å²) in [6.07, 6.45) is 1.09. The minimum atomic E-state index is -3.54. The van der Waals surface area contributed by atoms with Gasteiger partial charge in [-0.25, -0.2) is 13.2 Å². The fourth-order valence-electron chi connectivity index (χ4n) is 2.93. The molecule has 0 spiro atoms. The third kappa shape index (κ3) is 6.43. The van der Waals surface area contributed by atoms with Crippen molar-refractivity contribution in [1.82, 2.24) is 4.90 Å². The zero-order chi connectivity index (χ0) is 16.5. The number of likely N-dealkylation sites (tertiary alicyclic amines) is 1. The van der Waals surface area contributed by atoms with Crippen LogP contribution in [0.15, 0.2) is 0 Å². The molecule has 0 unspecified atom stereocenters. The van der Waals surface area contributed by atoms with Crippen LogP contribution in [0.5, 0.6) is 0 Å². The second-order valence-electron chi connectivity index (χ2n) is 7.53. The topological polar surface area (TPSA) is 63.7 Å². The van der Waals surface area contributed by atoms with Crippen molar-refractivity contribution in [2.75, 3.05) is 13.1 Å². The lowest BCUT2D eigenvalue weighted by molar-refractivity contribution is -0.0118. The van der Waals surface area contributed by atoms with Crippen LogP contribution in [-0.2, 0) is 13.8 Å². The summed E-state index contributed by atoms with van der Waals surface area (Å²) in [5.74, 6) is 0. The summed E-state index contributed by atoms with van der Waals surface area (Å²) in [7, 11) is 1.82. The molecule has 0 radical (unpaired) electrons. The quantitative estimate of drug-likeness (QED) is 0.739. The van der Waals surface area contributed by atoms with Crippen LogP contribution in [-0.4, -0.2) is 43.4 Å². The molecular weight excluding hydrogens is 314 g/mol. The number of hydrogen-bond donors (Lipinski definition) is 0. The van der Waals surface area contributed by atoms with Gasteiger partial charge in [-0.15, -0.1) is 0 Å². The second kappa shape index (κ2) is 6.32. The number of nitrogens with zero attached hydrogens (tertiary/aromatic N) is 1. The smallest absolute Gasteiger partial charge is 0.410 e. The Morgan fingerprint density at radius 1 is 1.19 bits per heavy atom. The molecule has 1 aliphatic rings. The van der Waals surface area contributed by atoms with Crippen molar-refractivity contribution in [3.8, 4) is 0 Å². The summed E-state index contributed by atoms with van der Waals surface area (Å²) in [6.45, 7) is 10.8. The first-order chi connectivity index (χ1) is 9.30. The molecule has 0 bridgehead atoms. The molecule has 0 aromatic carbocycles. The van der Waals surface area contributed by atoms with Gasteiger partial charge < -0.3 is 9.64 Å². The Kier molecular flexibility index (Phi) is 5.59. The Morgan fingerprint density at radius 3 is 2.05 bits per heavy atom. The van der Waals surface area contributed by atoms with E-state index >= 15 is 0 Å². The average Bonchev–Trinajstić information content (AvgIpc) is 2.23. The molecule has 1 aliphatic heterocycles. The molecule has 124 valence electrons. The minimum Gasteiger partial charge on any atom is -0.443 e. The van der Waals surface area contributed by atoms with Crippen molar-refractivity contribution in [2.24, 2.45) is 5.41 Å². The average molecular weight is 340 g/mol. The standard InChI is InChI=1S/C14H26ClNO4S/c1-13(2,3)10-14(4,5)20-12(17)16-8-6-11(7-9-16)21(15,18)19/h11H,6-10H2,1-5H3. The van der Waals surface area contributed by atoms with Crippen molar-refractivity contribution < 1.29 is 17.9 Å². The van der Waals surface area contributed by atoms with Gasteiger partial charge in [0.2, 0.25) is 9.05 Å². The van der Waals surface area contributed by atoms with Crippen LogP contribution in [0, 0.1) is 5.41 Å². The van der Waals surface area contributed by atoms with Gasteiger partial charge in [-0.1, -0.05) is 20.8 Å². The Bertz CT molecular complexity index is 474. The highest BCUT2D eigenvalue weighted by atomic mass is 35.7. The summed E-state index contributed by atoms with van der Waals surface area (Å²) in [5.41, 5.74) is -0.492. The van der Waals surface area contributed by atoms with E-state index in [0.29, 0.717) is 25.9 Å². The molecule has 1 amide bonds. The molecule has 0 saturated carbocycles. The van der Waals surface area contributed by atoms with E-state index in [1.807, 2.05) is 13.8 Å². The van der Waals surface area contributed by atoms with E-state index in [1.165, 1.54) is 0 Å². The van der Waals surface area contributed by atoms with E-state index < -0.39 is 19.9 Å². The van der Waals surface area contributed by atoms with Crippen LogP contribution in [0.25, 0.3) is 0 Å². The van der Waals surface area contributed by atoms with E-state index in [1.54, 1.807) is 4.90 Å². The molecule has 5 nitrogen and oxygen atoms in total. The van der Waals surface area contributed by atoms with Gasteiger partial charge in [0.15, 0.2) is 0 Å². The first kappa shape index (κ1) is 18.6. The molecule has 0 N–H and O–H groups in total. The highest BCUT2D eigenvalue weighted by molar-refractivity contribution is 8.14. The van der Waals surface area contributed by atoms with Gasteiger partial charge in [-0.05, 0) is 38.5 Å². The van der Waals surface area contributed by atoms with Gasteiger partial charge in [-0.2, -0.15) is 0 Å². The molecule has 1 saturated heterocycles. The molecule has 0 aliphatic carbocycles. The predicted molar refractivity (Wildman–Crippen MR) is 84.0 cm³/mol. The lowest BCUT2D eigenvalue weighted by atomic mass is 9.84. The molecule has 1 fully saturated rings. The first-order valence-corrected chi connectivity index (χ1v) is 9.59. The molecule has 1 heterocycles. The van der Waals surface area contributed by atoms with Gasteiger partial charge in [0.25, 0.3) is 0 Å². The normalized spacial score (nSPS) is 18.7. The Balaban J connectivity index is 2.55. The van der Waals surface area contributed by atoms with Gasteiger partial charge in [-0.3, -0.25) is 0 Å². The largest absolute Gasteiger partial charge is 0.443 e. The van der Waals surface area contributed by atoms with E-state index in [-0.39, 0.29) is 11.5 Å². The number of halogens is 1. The Morgan fingerprint density at radius 2 is 1.67 bits per heavy atom. The zero-order valence-corrected chi connectivity index (χ0v) is 15.1. The van der Waals surface area contributed by atoms with Gasteiger partial charge >= 0.3 is 6.09 Å². The molecule has 0 aromatic heterocycles. The number of carbonyl (C=O) groups excluding carboxylic acids is 1. The van der Waals surface area contributed by atoms with Crippen molar-refractivity contribution in [3.63, 3.8) is 0 Å². The zero-order valence-electron chi connectivity index (χ0n) is 13.5. The van der Waals surface area contributed by atoms with Gasteiger partial charge in [0, 0.05) is 23.8 Å². The van der Waals surface area contributed by atoms with Crippen LogP contribution in [0.2, 0.25) is 0 Å². The maximum Gasteiger partial charge on any atom is 0.410 e. The number of carbonyl (C=O) groups is 1. The summed E-state index contributed by atoms with van der Waals surface area (Å²) in [6, 6.07) is 0. The van der Waals surface area contributed by atoms with Crippen LogP contribution < -0.4 is 0 Å². The minimum absolute atomic E-state index is 0.0590. The third-order valence-corrected chi connectivity index (χ3v) is 5.44. The fraction of sp³-hybridized carbons (Fsp3) is 0.929. The predicted octanol–water partition coefficient (Wildman–Crippen LogP) is 3.37. The fourth-order valence-corrected chi connectivity index (χ4v) is 4.24. The van der Waals surface area contributed by atoms with E-state index in [2.05, 4.69) is 20.8 Å². The summed E-state index contributed by atoms with van der Waals surface area (Å²) >= 11 is 0. The monoisotopic (exact) mass is 339 g/mol.